The summed E-state index contributed by atoms with van der Waals surface area (Å²) in [5.74, 6) is 0. The molecule has 0 radical (unpaired) electrons. The average molecular weight is 285 g/mol. The Hall–Kier alpha value is -0.0900. The van der Waals surface area contributed by atoms with E-state index in [1.54, 1.807) is 0 Å². The van der Waals surface area contributed by atoms with Crippen LogP contribution in [0.3, 0.4) is 0 Å². The summed E-state index contributed by atoms with van der Waals surface area (Å²) in [4.78, 5) is 0. The van der Waals surface area contributed by atoms with Gasteiger partial charge in [-0.3, -0.25) is 0 Å². The average Bonchev–Trinajstić information content (AvgIpc) is 3.09. The molecule has 0 atom stereocenters. The van der Waals surface area contributed by atoms with Crippen LogP contribution in [0.15, 0.2) is 0 Å². The molecule has 0 aromatic carbocycles. The van der Waals surface area contributed by atoms with E-state index < -0.39 is 14.6 Å². The van der Waals surface area contributed by atoms with Gasteiger partial charge in [-0.2, -0.15) is 0 Å². The van der Waals surface area contributed by atoms with Crippen LogP contribution in [0, 0.1) is 5.41 Å². The van der Waals surface area contributed by atoms with Gasteiger partial charge in [0, 0.05) is 18.8 Å². The Bertz CT molecular complexity index is 423. The van der Waals surface area contributed by atoms with E-state index in [1.165, 1.54) is 57.6 Å². The summed E-state index contributed by atoms with van der Waals surface area (Å²) in [6, 6.07) is 0.601. The van der Waals surface area contributed by atoms with E-state index in [0.29, 0.717) is 18.0 Å². The number of sulfone groups is 1. The SMILES string of the molecule is CS(=O)(=O)C1(CNC2CC2)CC2(CCCCCC2)C1. The molecule has 3 aliphatic rings. The van der Waals surface area contributed by atoms with Crippen molar-refractivity contribution in [3.63, 3.8) is 0 Å². The zero-order valence-electron chi connectivity index (χ0n) is 12.1. The molecule has 0 saturated heterocycles. The summed E-state index contributed by atoms with van der Waals surface area (Å²) in [6.07, 6.45) is 13.5. The standard InChI is InChI=1S/C15H27NO2S/c1-19(17,18)15(12-16-13-6-7-13)10-14(11-15)8-4-2-3-5-9-14/h13,16H,2-12H2,1H3. The predicted octanol–water partition coefficient (Wildman–Crippen LogP) is 2.66. The third kappa shape index (κ3) is 2.71. The van der Waals surface area contributed by atoms with Gasteiger partial charge in [0.2, 0.25) is 0 Å². The smallest absolute Gasteiger partial charge is 0.154 e. The van der Waals surface area contributed by atoms with Gasteiger partial charge < -0.3 is 5.32 Å². The molecule has 0 aromatic rings. The van der Waals surface area contributed by atoms with Crippen LogP contribution >= 0.6 is 0 Å². The van der Waals surface area contributed by atoms with Gasteiger partial charge in [-0.1, -0.05) is 25.7 Å². The van der Waals surface area contributed by atoms with Crippen LogP contribution in [0.5, 0.6) is 0 Å². The maximum atomic E-state index is 12.2. The van der Waals surface area contributed by atoms with Gasteiger partial charge in [-0.05, 0) is 43.9 Å². The number of hydrogen-bond donors (Lipinski definition) is 1. The van der Waals surface area contributed by atoms with E-state index in [2.05, 4.69) is 5.32 Å². The van der Waals surface area contributed by atoms with E-state index >= 15 is 0 Å². The molecule has 1 spiro atoms. The summed E-state index contributed by atoms with van der Waals surface area (Å²) >= 11 is 0. The Balaban J connectivity index is 1.69. The van der Waals surface area contributed by atoms with Crippen LogP contribution in [0.25, 0.3) is 0 Å². The fourth-order valence-corrected chi connectivity index (χ4v) is 5.77. The van der Waals surface area contributed by atoms with Crippen molar-refractivity contribution < 1.29 is 8.42 Å². The molecule has 0 unspecified atom stereocenters. The molecule has 0 heterocycles. The lowest BCUT2D eigenvalue weighted by molar-refractivity contribution is 0.0556. The topological polar surface area (TPSA) is 46.2 Å². The molecule has 1 N–H and O–H groups in total. The van der Waals surface area contributed by atoms with E-state index in [0.717, 1.165) is 12.8 Å². The van der Waals surface area contributed by atoms with Crippen molar-refractivity contribution in [1.82, 2.24) is 5.32 Å². The lowest BCUT2D eigenvalue weighted by Gasteiger charge is -2.55. The van der Waals surface area contributed by atoms with Crippen molar-refractivity contribution in [3.8, 4) is 0 Å². The molecule has 110 valence electrons. The van der Waals surface area contributed by atoms with Gasteiger partial charge in [-0.25, -0.2) is 8.42 Å². The van der Waals surface area contributed by atoms with Gasteiger partial charge >= 0.3 is 0 Å². The second-order valence-electron chi connectivity index (χ2n) is 7.38. The summed E-state index contributed by atoms with van der Waals surface area (Å²) < 4.78 is 24.0. The van der Waals surface area contributed by atoms with Crippen molar-refractivity contribution in [3.05, 3.63) is 0 Å². The van der Waals surface area contributed by atoms with Crippen molar-refractivity contribution in [2.75, 3.05) is 12.8 Å². The molecule has 0 amide bonds. The monoisotopic (exact) mass is 285 g/mol. The molecule has 3 nitrogen and oxygen atoms in total. The third-order valence-corrected chi connectivity index (χ3v) is 7.64. The summed E-state index contributed by atoms with van der Waals surface area (Å²) in [6.45, 7) is 0.693. The minimum absolute atomic E-state index is 0.366. The molecule has 3 saturated carbocycles. The van der Waals surface area contributed by atoms with Crippen LogP contribution in [0.2, 0.25) is 0 Å². The van der Waals surface area contributed by atoms with Crippen LogP contribution in [-0.4, -0.2) is 32.0 Å². The maximum absolute atomic E-state index is 12.2. The first-order chi connectivity index (χ1) is 8.95. The molecular weight excluding hydrogens is 258 g/mol. The molecule has 19 heavy (non-hydrogen) atoms. The Kier molecular flexibility index (Phi) is 3.45. The Morgan fingerprint density at radius 1 is 1.05 bits per heavy atom. The minimum Gasteiger partial charge on any atom is -0.312 e. The van der Waals surface area contributed by atoms with Crippen molar-refractivity contribution >= 4 is 9.84 Å². The second-order valence-corrected chi connectivity index (χ2v) is 9.79. The van der Waals surface area contributed by atoms with Crippen molar-refractivity contribution in [1.29, 1.82) is 0 Å². The summed E-state index contributed by atoms with van der Waals surface area (Å²) in [5.41, 5.74) is 0.366. The predicted molar refractivity (Wildman–Crippen MR) is 78.0 cm³/mol. The van der Waals surface area contributed by atoms with Gasteiger partial charge in [0.1, 0.15) is 0 Å². The largest absolute Gasteiger partial charge is 0.312 e. The number of nitrogens with one attached hydrogen (secondary N) is 1. The van der Waals surface area contributed by atoms with Crippen LogP contribution < -0.4 is 5.32 Å². The van der Waals surface area contributed by atoms with E-state index in [4.69, 9.17) is 0 Å². The number of rotatable bonds is 4. The normalized spacial score (nSPS) is 29.7. The Morgan fingerprint density at radius 2 is 1.63 bits per heavy atom. The molecule has 4 heteroatoms. The highest BCUT2D eigenvalue weighted by molar-refractivity contribution is 7.92. The quantitative estimate of drug-likeness (QED) is 0.864. The number of hydrogen-bond acceptors (Lipinski definition) is 3. The zero-order valence-corrected chi connectivity index (χ0v) is 12.9. The highest BCUT2D eigenvalue weighted by Gasteiger charge is 2.59. The molecule has 0 aromatic heterocycles. The molecule has 0 bridgehead atoms. The van der Waals surface area contributed by atoms with Gasteiger partial charge in [0.25, 0.3) is 0 Å². The first-order valence-corrected chi connectivity index (χ1v) is 9.77. The maximum Gasteiger partial charge on any atom is 0.154 e. The Morgan fingerprint density at radius 3 is 2.11 bits per heavy atom. The first-order valence-electron chi connectivity index (χ1n) is 7.88. The zero-order chi connectivity index (χ0) is 13.6. The fourth-order valence-electron chi connectivity index (χ4n) is 4.28. The van der Waals surface area contributed by atoms with Crippen LogP contribution in [-0.2, 0) is 9.84 Å². The van der Waals surface area contributed by atoms with Gasteiger partial charge in [0.05, 0.1) is 4.75 Å². The van der Waals surface area contributed by atoms with Gasteiger partial charge in [0.15, 0.2) is 9.84 Å². The van der Waals surface area contributed by atoms with E-state index in [1.807, 2.05) is 0 Å². The molecule has 3 aliphatic carbocycles. The Labute approximate surface area is 117 Å². The lowest BCUT2D eigenvalue weighted by Crippen LogP contribution is -2.61. The fraction of sp³-hybridized carbons (Fsp3) is 1.00. The van der Waals surface area contributed by atoms with Gasteiger partial charge in [-0.15, -0.1) is 0 Å². The molecular formula is C15H27NO2S. The molecule has 3 fully saturated rings. The summed E-state index contributed by atoms with van der Waals surface area (Å²) in [5, 5.41) is 3.46. The van der Waals surface area contributed by atoms with Crippen LogP contribution in [0.4, 0.5) is 0 Å². The van der Waals surface area contributed by atoms with E-state index in [9.17, 15) is 8.42 Å². The summed E-state index contributed by atoms with van der Waals surface area (Å²) in [7, 11) is -2.95. The highest BCUT2D eigenvalue weighted by Crippen LogP contribution is 2.58. The third-order valence-electron chi connectivity index (χ3n) is 5.64. The molecule has 3 rings (SSSR count). The molecule has 0 aliphatic heterocycles. The lowest BCUT2D eigenvalue weighted by atomic mass is 9.57. The highest BCUT2D eigenvalue weighted by atomic mass is 32.2. The van der Waals surface area contributed by atoms with Crippen LogP contribution in [0.1, 0.15) is 64.2 Å². The van der Waals surface area contributed by atoms with Crippen molar-refractivity contribution in [2.24, 2.45) is 5.41 Å². The first kappa shape index (κ1) is 13.9. The minimum atomic E-state index is -2.95. The van der Waals surface area contributed by atoms with Crippen molar-refractivity contribution in [2.45, 2.75) is 75.0 Å². The van der Waals surface area contributed by atoms with E-state index in [-0.39, 0.29) is 0 Å². The second kappa shape index (κ2) is 4.73.